The second-order valence-electron chi connectivity index (χ2n) is 4.41. The number of benzene rings is 2. The lowest BCUT2D eigenvalue weighted by atomic mass is 10.1. The van der Waals surface area contributed by atoms with Crippen molar-refractivity contribution >= 4 is 17.7 Å². The summed E-state index contributed by atoms with van der Waals surface area (Å²) in [5.74, 6) is -0.382. The van der Waals surface area contributed by atoms with Gasteiger partial charge < -0.3 is 4.90 Å². The Labute approximate surface area is 112 Å². The van der Waals surface area contributed by atoms with Gasteiger partial charge in [-0.1, -0.05) is 17.7 Å². The first kappa shape index (κ1) is 13.3. The van der Waals surface area contributed by atoms with Gasteiger partial charge in [0.2, 0.25) is 0 Å². The van der Waals surface area contributed by atoms with Crippen LogP contribution in [0.2, 0.25) is 0 Å². The van der Waals surface area contributed by atoms with Crippen LogP contribution in [0.4, 0.5) is 15.8 Å². The largest absolute Gasteiger partial charge is 0.339 e. The van der Waals surface area contributed by atoms with Gasteiger partial charge in [0.25, 0.3) is 0 Å². The highest BCUT2D eigenvalue weighted by Crippen LogP contribution is 2.28. The van der Waals surface area contributed by atoms with Gasteiger partial charge in [-0.3, -0.25) is 4.79 Å². The summed E-state index contributed by atoms with van der Waals surface area (Å²) in [5.41, 5.74) is 2.93. The van der Waals surface area contributed by atoms with E-state index in [0.29, 0.717) is 24.1 Å². The van der Waals surface area contributed by atoms with Gasteiger partial charge in [0.15, 0.2) is 0 Å². The Hall–Kier alpha value is -2.16. The van der Waals surface area contributed by atoms with Gasteiger partial charge in [0.1, 0.15) is 12.1 Å². The first-order chi connectivity index (χ1) is 9.15. The summed E-state index contributed by atoms with van der Waals surface area (Å²) in [6, 6.07) is 12.5. The standard InChI is InChI=1S/C16H16FNO/c1-3-18(14-7-4-12(2)5-8-14)16-9-6-13(11-19)10-15(16)17/h4-11H,3H2,1-2H3. The monoisotopic (exact) mass is 257 g/mol. The van der Waals surface area contributed by atoms with Crippen LogP contribution in [0.1, 0.15) is 22.8 Å². The fourth-order valence-corrected chi connectivity index (χ4v) is 2.03. The maximum atomic E-state index is 14.0. The molecule has 0 bridgehead atoms. The highest BCUT2D eigenvalue weighted by molar-refractivity contribution is 5.77. The molecule has 0 saturated heterocycles. The molecule has 98 valence electrons. The van der Waals surface area contributed by atoms with E-state index >= 15 is 0 Å². The molecule has 0 unspecified atom stereocenters. The lowest BCUT2D eigenvalue weighted by Crippen LogP contribution is -2.17. The van der Waals surface area contributed by atoms with Crippen molar-refractivity contribution in [3.8, 4) is 0 Å². The average Bonchev–Trinajstić information content (AvgIpc) is 2.43. The number of hydrogen-bond acceptors (Lipinski definition) is 2. The molecule has 0 aliphatic rings. The van der Waals surface area contributed by atoms with E-state index < -0.39 is 0 Å². The number of rotatable bonds is 4. The predicted molar refractivity (Wildman–Crippen MR) is 75.6 cm³/mol. The molecule has 0 fully saturated rings. The van der Waals surface area contributed by atoms with Crippen LogP contribution in [-0.2, 0) is 0 Å². The van der Waals surface area contributed by atoms with Crippen molar-refractivity contribution in [3.05, 3.63) is 59.4 Å². The number of hydrogen-bond donors (Lipinski definition) is 0. The Balaban J connectivity index is 2.41. The first-order valence-electron chi connectivity index (χ1n) is 6.24. The van der Waals surface area contributed by atoms with Crippen molar-refractivity contribution in [2.75, 3.05) is 11.4 Å². The molecule has 0 aliphatic carbocycles. The Kier molecular flexibility index (Phi) is 3.95. The molecule has 0 spiro atoms. The highest BCUT2D eigenvalue weighted by Gasteiger charge is 2.12. The average molecular weight is 257 g/mol. The third-order valence-corrected chi connectivity index (χ3v) is 3.06. The van der Waals surface area contributed by atoms with Gasteiger partial charge >= 0.3 is 0 Å². The summed E-state index contributed by atoms with van der Waals surface area (Å²) >= 11 is 0. The lowest BCUT2D eigenvalue weighted by molar-refractivity contribution is 0.112. The molecule has 0 amide bonds. The molecule has 0 N–H and O–H groups in total. The van der Waals surface area contributed by atoms with Gasteiger partial charge in [-0.15, -0.1) is 0 Å². The molecule has 2 nitrogen and oxygen atoms in total. The van der Waals surface area contributed by atoms with Crippen LogP contribution in [0.15, 0.2) is 42.5 Å². The van der Waals surface area contributed by atoms with Crippen molar-refractivity contribution < 1.29 is 9.18 Å². The van der Waals surface area contributed by atoms with E-state index in [2.05, 4.69) is 0 Å². The van der Waals surface area contributed by atoms with Crippen LogP contribution in [0.3, 0.4) is 0 Å². The fourth-order valence-electron chi connectivity index (χ4n) is 2.03. The van der Waals surface area contributed by atoms with Crippen molar-refractivity contribution in [2.24, 2.45) is 0 Å². The van der Waals surface area contributed by atoms with Gasteiger partial charge in [-0.05, 0) is 44.2 Å². The molecule has 19 heavy (non-hydrogen) atoms. The Morgan fingerprint density at radius 3 is 2.37 bits per heavy atom. The van der Waals surface area contributed by atoms with E-state index in [9.17, 15) is 9.18 Å². The van der Waals surface area contributed by atoms with E-state index in [4.69, 9.17) is 0 Å². The maximum Gasteiger partial charge on any atom is 0.150 e. The summed E-state index contributed by atoms with van der Waals surface area (Å²) in [7, 11) is 0. The zero-order chi connectivity index (χ0) is 13.8. The minimum Gasteiger partial charge on any atom is -0.339 e. The van der Waals surface area contributed by atoms with Crippen LogP contribution in [-0.4, -0.2) is 12.8 Å². The molecule has 3 heteroatoms. The summed E-state index contributed by atoms with van der Waals surface area (Å²) < 4.78 is 14.0. The molecule has 2 aromatic carbocycles. The molecule has 0 radical (unpaired) electrons. The van der Waals surface area contributed by atoms with Crippen molar-refractivity contribution in [1.82, 2.24) is 0 Å². The third kappa shape index (κ3) is 2.81. The first-order valence-corrected chi connectivity index (χ1v) is 6.24. The third-order valence-electron chi connectivity index (χ3n) is 3.06. The lowest BCUT2D eigenvalue weighted by Gasteiger charge is -2.24. The van der Waals surface area contributed by atoms with Gasteiger partial charge in [-0.2, -0.15) is 0 Å². The normalized spacial score (nSPS) is 10.3. The number of aryl methyl sites for hydroxylation is 1. The van der Waals surface area contributed by atoms with Gasteiger partial charge in [0, 0.05) is 17.8 Å². The van der Waals surface area contributed by atoms with E-state index in [-0.39, 0.29) is 5.82 Å². The number of aldehydes is 1. The molecule has 2 aromatic rings. The zero-order valence-electron chi connectivity index (χ0n) is 11.1. The second kappa shape index (κ2) is 5.65. The molecule has 0 aliphatic heterocycles. The minimum absolute atomic E-state index is 0.348. The molecule has 2 rings (SSSR count). The number of nitrogens with zero attached hydrogens (tertiary/aromatic N) is 1. The summed E-state index contributed by atoms with van der Waals surface area (Å²) in [6.45, 7) is 4.63. The van der Waals surface area contributed by atoms with E-state index in [1.54, 1.807) is 12.1 Å². The number of anilines is 2. The maximum absolute atomic E-state index is 14.0. The van der Waals surface area contributed by atoms with Gasteiger partial charge in [-0.25, -0.2) is 4.39 Å². The zero-order valence-corrected chi connectivity index (χ0v) is 11.1. The van der Waals surface area contributed by atoms with E-state index in [1.165, 1.54) is 6.07 Å². The van der Waals surface area contributed by atoms with E-state index in [0.717, 1.165) is 11.3 Å². The van der Waals surface area contributed by atoms with Crippen LogP contribution >= 0.6 is 0 Å². The van der Waals surface area contributed by atoms with Crippen molar-refractivity contribution in [2.45, 2.75) is 13.8 Å². The molecular formula is C16H16FNO. The molecule has 0 saturated carbocycles. The smallest absolute Gasteiger partial charge is 0.150 e. The number of carbonyl (C=O) groups excluding carboxylic acids is 1. The Morgan fingerprint density at radius 1 is 1.16 bits per heavy atom. The molecule has 0 aromatic heterocycles. The topological polar surface area (TPSA) is 20.3 Å². The number of carbonyl (C=O) groups is 1. The number of halogens is 1. The fraction of sp³-hybridized carbons (Fsp3) is 0.188. The van der Waals surface area contributed by atoms with Crippen LogP contribution < -0.4 is 4.90 Å². The second-order valence-corrected chi connectivity index (χ2v) is 4.41. The minimum atomic E-state index is -0.382. The molecule has 0 heterocycles. The Morgan fingerprint density at radius 2 is 1.84 bits per heavy atom. The Bertz CT molecular complexity index is 578. The quantitative estimate of drug-likeness (QED) is 0.768. The van der Waals surface area contributed by atoms with Crippen molar-refractivity contribution in [3.63, 3.8) is 0 Å². The predicted octanol–water partition coefficient (Wildman–Crippen LogP) is 4.10. The summed E-state index contributed by atoms with van der Waals surface area (Å²) in [4.78, 5) is 12.5. The van der Waals surface area contributed by atoms with Crippen molar-refractivity contribution in [1.29, 1.82) is 0 Å². The SMILES string of the molecule is CCN(c1ccc(C)cc1)c1ccc(C=O)cc1F. The van der Waals surface area contributed by atoms with Gasteiger partial charge in [0.05, 0.1) is 5.69 Å². The summed E-state index contributed by atoms with van der Waals surface area (Å²) in [6.07, 6.45) is 0.648. The van der Waals surface area contributed by atoms with E-state index in [1.807, 2.05) is 43.0 Å². The summed E-state index contributed by atoms with van der Waals surface area (Å²) in [5, 5.41) is 0. The molecule has 0 atom stereocenters. The highest BCUT2D eigenvalue weighted by atomic mass is 19.1. The van der Waals surface area contributed by atoms with Crippen LogP contribution in [0.25, 0.3) is 0 Å². The molecular weight excluding hydrogens is 241 g/mol. The van der Waals surface area contributed by atoms with Crippen LogP contribution in [0.5, 0.6) is 0 Å². The van der Waals surface area contributed by atoms with Crippen LogP contribution in [0, 0.1) is 12.7 Å².